The van der Waals surface area contributed by atoms with Crippen LogP contribution in [0.5, 0.6) is 0 Å². The summed E-state index contributed by atoms with van der Waals surface area (Å²) in [5, 5.41) is 9.67. The first-order valence-electron chi connectivity index (χ1n) is 6.08. The minimum Gasteiger partial charge on any atom is -0.388 e. The van der Waals surface area contributed by atoms with Gasteiger partial charge in [-0.3, -0.25) is 9.78 Å². The number of aliphatic hydroxyl groups excluding tert-OH is 1. The number of aliphatic hydroxyl groups is 1. The third-order valence-corrected chi connectivity index (χ3v) is 3.27. The summed E-state index contributed by atoms with van der Waals surface area (Å²) in [5.74, 6) is 0.0606. The zero-order chi connectivity index (χ0) is 13.0. The van der Waals surface area contributed by atoms with Crippen LogP contribution in [0, 0.1) is 0 Å². The van der Waals surface area contributed by atoms with E-state index in [1.54, 1.807) is 24.4 Å². The third kappa shape index (κ3) is 3.05. The molecular formula is C13H18N2O3. The molecule has 1 aromatic heterocycles. The number of rotatable bonds is 4. The number of β-amino-alcohol motifs (C(OH)–C–C–N with tert-alkyl or cyclic N) is 1. The summed E-state index contributed by atoms with van der Waals surface area (Å²) in [6.45, 7) is 0.848. The van der Waals surface area contributed by atoms with Crippen molar-refractivity contribution in [2.45, 2.75) is 25.0 Å². The van der Waals surface area contributed by atoms with Crippen LogP contribution in [0.3, 0.4) is 0 Å². The molecule has 1 fully saturated rings. The fourth-order valence-corrected chi connectivity index (χ4v) is 2.15. The molecule has 0 unspecified atom stereocenters. The molecule has 2 atom stereocenters. The van der Waals surface area contributed by atoms with E-state index in [1.165, 1.54) is 0 Å². The number of hydrogen-bond acceptors (Lipinski definition) is 4. The van der Waals surface area contributed by atoms with Crippen LogP contribution in [0.25, 0.3) is 0 Å². The summed E-state index contributed by atoms with van der Waals surface area (Å²) in [4.78, 5) is 17.6. The fraction of sp³-hybridized carbons (Fsp3) is 0.538. The Balaban J connectivity index is 1.82. The highest BCUT2D eigenvalue weighted by molar-refractivity contribution is 5.76. The maximum absolute atomic E-state index is 12.0. The van der Waals surface area contributed by atoms with Crippen molar-refractivity contribution in [3.05, 3.63) is 30.1 Å². The molecule has 2 heterocycles. The molecule has 1 amide bonds. The van der Waals surface area contributed by atoms with Crippen molar-refractivity contribution in [2.75, 3.05) is 20.2 Å². The first-order valence-corrected chi connectivity index (χ1v) is 6.08. The van der Waals surface area contributed by atoms with Crippen molar-refractivity contribution < 1.29 is 14.6 Å². The lowest BCUT2D eigenvalue weighted by atomic mass is 10.1. The quantitative estimate of drug-likeness (QED) is 0.831. The number of aromatic nitrogens is 1. The van der Waals surface area contributed by atoms with Gasteiger partial charge >= 0.3 is 0 Å². The maximum atomic E-state index is 12.0. The van der Waals surface area contributed by atoms with Crippen LogP contribution in [0.2, 0.25) is 0 Å². The molecule has 0 saturated carbocycles. The molecule has 1 N–H and O–H groups in total. The van der Waals surface area contributed by atoms with E-state index in [9.17, 15) is 9.90 Å². The molecule has 0 aliphatic carbocycles. The lowest BCUT2D eigenvalue weighted by Crippen LogP contribution is -2.30. The summed E-state index contributed by atoms with van der Waals surface area (Å²) >= 11 is 0. The highest BCUT2D eigenvalue weighted by atomic mass is 16.5. The van der Waals surface area contributed by atoms with Gasteiger partial charge in [0.25, 0.3) is 0 Å². The van der Waals surface area contributed by atoms with Crippen molar-refractivity contribution in [2.24, 2.45) is 0 Å². The van der Waals surface area contributed by atoms with E-state index in [0.29, 0.717) is 25.9 Å². The molecule has 0 aromatic carbocycles. The molecule has 1 aliphatic heterocycles. The number of aryl methyl sites for hydroxylation is 1. The normalized spacial score (nSPS) is 23.3. The Morgan fingerprint density at radius 3 is 2.83 bits per heavy atom. The number of likely N-dealkylation sites (tertiary alicyclic amines) is 1. The smallest absolute Gasteiger partial charge is 0.223 e. The van der Waals surface area contributed by atoms with Gasteiger partial charge in [0.15, 0.2) is 0 Å². The van der Waals surface area contributed by atoms with Gasteiger partial charge in [-0.25, -0.2) is 0 Å². The highest BCUT2D eigenvalue weighted by Gasteiger charge is 2.33. The Hall–Kier alpha value is -1.46. The first kappa shape index (κ1) is 13.0. The van der Waals surface area contributed by atoms with Crippen molar-refractivity contribution in [3.63, 3.8) is 0 Å². The van der Waals surface area contributed by atoms with Gasteiger partial charge in [0.2, 0.25) is 5.91 Å². The molecule has 5 nitrogen and oxygen atoms in total. The summed E-state index contributed by atoms with van der Waals surface area (Å²) in [6, 6.07) is 3.81. The number of ether oxygens (including phenoxy) is 1. The second kappa shape index (κ2) is 5.93. The van der Waals surface area contributed by atoms with Crippen LogP contribution in [0.4, 0.5) is 0 Å². The van der Waals surface area contributed by atoms with E-state index in [4.69, 9.17) is 4.74 Å². The Bertz CT molecular complexity index is 396. The van der Waals surface area contributed by atoms with Gasteiger partial charge in [-0.1, -0.05) is 0 Å². The Labute approximate surface area is 106 Å². The molecule has 0 radical (unpaired) electrons. The average Bonchev–Trinajstić information content (AvgIpc) is 2.78. The monoisotopic (exact) mass is 250 g/mol. The van der Waals surface area contributed by atoms with Crippen LogP contribution in [-0.2, 0) is 16.0 Å². The second-order valence-electron chi connectivity index (χ2n) is 4.50. The Morgan fingerprint density at radius 1 is 1.50 bits per heavy atom. The number of amides is 1. The topological polar surface area (TPSA) is 62.7 Å². The minimum absolute atomic E-state index is 0.0606. The van der Waals surface area contributed by atoms with E-state index >= 15 is 0 Å². The molecular weight excluding hydrogens is 232 g/mol. The lowest BCUT2D eigenvalue weighted by molar-refractivity contribution is -0.130. The summed E-state index contributed by atoms with van der Waals surface area (Å²) in [5.41, 5.74) is 1.10. The predicted octanol–water partition coefficient (Wildman–Crippen LogP) is 0.232. The molecule has 1 aromatic rings. The van der Waals surface area contributed by atoms with E-state index in [0.717, 1.165) is 5.56 Å². The predicted molar refractivity (Wildman–Crippen MR) is 65.9 cm³/mol. The zero-order valence-corrected chi connectivity index (χ0v) is 10.5. The van der Waals surface area contributed by atoms with Crippen LogP contribution in [0.15, 0.2) is 24.5 Å². The van der Waals surface area contributed by atoms with Gasteiger partial charge in [0.1, 0.15) is 6.10 Å². The van der Waals surface area contributed by atoms with Crippen LogP contribution in [-0.4, -0.2) is 53.3 Å². The standard InChI is InChI=1S/C13H18N2O3/c1-18-12-9-15(8-11(12)16)13(17)3-2-10-4-6-14-7-5-10/h4-7,11-12,16H,2-3,8-9H2,1H3/t11-,12-/m0/s1. The largest absolute Gasteiger partial charge is 0.388 e. The minimum atomic E-state index is -0.570. The number of nitrogens with zero attached hydrogens (tertiary/aromatic N) is 2. The summed E-state index contributed by atoms with van der Waals surface area (Å²) < 4.78 is 5.11. The third-order valence-electron chi connectivity index (χ3n) is 3.27. The number of carbonyl (C=O) groups is 1. The molecule has 1 saturated heterocycles. The molecule has 98 valence electrons. The molecule has 1 aliphatic rings. The van der Waals surface area contributed by atoms with Gasteiger partial charge in [-0.2, -0.15) is 0 Å². The molecule has 2 rings (SSSR count). The van der Waals surface area contributed by atoms with Crippen molar-refractivity contribution in [1.29, 1.82) is 0 Å². The van der Waals surface area contributed by atoms with Gasteiger partial charge in [-0.15, -0.1) is 0 Å². The van der Waals surface area contributed by atoms with Crippen LogP contribution < -0.4 is 0 Å². The number of carbonyl (C=O) groups excluding carboxylic acids is 1. The molecule has 0 spiro atoms. The van der Waals surface area contributed by atoms with E-state index < -0.39 is 6.10 Å². The molecule has 18 heavy (non-hydrogen) atoms. The first-order chi connectivity index (χ1) is 8.70. The Kier molecular flexibility index (Phi) is 4.28. The molecule has 0 bridgehead atoms. The van der Waals surface area contributed by atoms with Crippen molar-refractivity contribution in [3.8, 4) is 0 Å². The number of pyridine rings is 1. The summed E-state index contributed by atoms with van der Waals surface area (Å²) in [7, 11) is 1.55. The second-order valence-corrected chi connectivity index (χ2v) is 4.50. The lowest BCUT2D eigenvalue weighted by Gasteiger charge is -2.15. The number of methoxy groups -OCH3 is 1. The molecule has 5 heteroatoms. The highest BCUT2D eigenvalue weighted by Crippen LogP contribution is 2.14. The van der Waals surface area contributed by atoms with Crippen LogP contribution >= 0.6 is 0 Å². The SMILES string of the molecule is CO[C@H]1CN(C(=O)CCc2ccncc2)C[C@@H]1O. The van der Waals surface area contributed by atoms with E-state index in [-0.39, 0.29) is 12.0 Å². The van der Waals surface area contributed by atoms with Gasteiger partial charge in [0, 0.05) is 39.0 Å². The van der Waals surface area contributed by atoms with Crippen LogP contribution in [0.1, 0.15) is 12.0 Å². The van der Waals surface area contributed by atoms with Crippen molar-refractivity contribution >= 4 is 5.91 Å². The maximum Gasteiger partial charge on any atom is 0.223 e. The average molecular weight is 250 g/mol. The number of hydrogen-bond donors (Lipinski definition) is 1. The van der Waals surface area contributed by atoms with Gasteiger partial charge in [0.05, 0.1) is 6.10 Å². The summed E-state index contributed by atoms with van der Waals surface area (Å²) in [6.07, 6.45) is 3.77. The zero-order valence-electron chi connectivity index (χ0n) is 10.5. The fourth-order valence-electron chi connectivity index (χ4n) is 2.15. The van der Waals surface area contributed by atoms with Gasteiger partial charge < -0.3 is 14.7 Å². The Morgan fingerprint density at radius 2 is 2.22 bits per heavy atom. The van der Waals surface area contributed by atoms with Gasteiger partial charge in [-0.05, 0) is 24.1 Å². The van der Waals surface area contributed by atoms with E-state index in [2.05, 4.69) is 4.98 Å². The van der Waals surface area contributed by atoms with Crippen molar-refractivity contribution in [1.82, 2.24) is 9.88 Å². The van der Waals surface area contributed by atoms with E-state index in [1.807, 2.05) is 12.1 Å².